The monoisotopic (exact) mass is 492 g/mol. The summed E-state index contributed by atoms with van der Waals surface area (Å²) < 4.78 is 48.7. The molecule has 0 radical (unpaired) electrons. The van der Waals surface area contributed by atoms with Crippen molar-refractivity contribution in [3.8, 4) is 5.75 Å². The summed E-state index contributed by atoms with van der Waals surface area (Å²) in [5.41, 5.74) is 4.87. The Morgan fingerprint density at radius 1 is 1.44 bits per heavy atom. The van der Waals surface area contributed by atoms with Gasteiger partial charge in [-0.2, -0.15) is 0 Å². The van der Waals surface area contributed by atoms with Gasteiger partial charge >= 0.3 is 0 Å². The van der Waals surface area contributed by atoms with Gasteiger partial charge in [-0.05, 0) is 25.5 Å². The number of halogens is 2. The lowest BCUT2D eigenvalue weighted by atomic mass is 10.0. The number of aromatic nitrogens is 1. The van der Waals surface area contributed by atoms with Crippen LogP contribution in [0.5, 0.6) is 5.75 Å². The number of Topliss-reactive ketones (excluding diaryl/α,β-unsaturated/α-hetero) is 1. The smallest absolute Gasteiger partial charge is 0.196 e. The molecule has 9 nitrogen and oxygen atoms in total. The van der Waals surface area contributed by atoms with Crippen LogP contribution >= 0.6 is 0 Å². The van der Waals surface area contributed by atoms with E-state index in [1.807, 2.05) is 6.92 Å². The average molecular weight is 493 g/mol. The molecule has 34 heavy (non-hydrogen) atoms. The van der Waals surface area contributed by atoms with E-state index in [-0.39, 0.29) is 23.4 Å². The fourth-order valence-corrected chi connectivity index (χ4v) is 3.99. The number of carbonyl (C=O) groups excluding carboxylic acids is 1. The third-order valence-electron chi connectivity index (χ3n) is 4.97. The fraction of sp³-hybridized carbons (Fsp3) is 0.318. The van der Waals surface area contributed by atoms with Gasteiger partial charge in [0, 0.05) is 30.5 Å². The molecule has 0 bridgehead atoms. The van der Waals surface area contributed by atoms with Crippen LogP contribution in [0.3, 0.4) is 0 Å². The van der Waals surface area contributed by atoms with Crippen LogP contribution in [0.15, 0.2) is 46.2 Å². The van der Waals surface area contributed by atoms with Crippen LogP contribution in [-0.4, -0.2) is 40.4 Å². The maximum atomic E-state index is 14.9. The highest BCUT2D eigenvalue weighted by molar-refractivity contribution is 7.92. The first-order chi connectivity index (χ1) is 16.2. The van der Waals surface area contributed by atoms with Gasteiger partial charge in [0.2, 0.25) is 0 Å². The van der Waals surface area contributed by atoms with Crippen LogP contribution in [-0.2, 0) is 17.0 Å². The van der Waals surface area contributed by atoms with Gasteiger partial charge in [0.15, 0.2) is 11.6 Å². The molecule has 1 aromatic heterocycles. The van der Waals surface area contributed by atoms with Gasteiger partial charge in [0.05, 0.1) is 29.7 Å². The Hall–Kier alpha value is -3.22. The van der Waals surface area contributed by atoms with E-state index in [4.69, 9.17) is 10.5 Å². The van der Waals surface area contributed by atoms with Crippen molar-refractivity contribution in [3.05, 3.63) is 59.1 Å². The van der Waals surface area contributed by atoms with Gasteiger partial charge < -0.3 is 25.3 Å². The summed E-state index contributed by atoms with van der Waals surface area (Å²) in [6, 6.07) is 3.79. The summed E-state index contributed by atoms with van der Waals surface area (Å²) in [5.74, 6) is -1.70. The molecule has 1 aliphatic rings. The minimum Gasteiger partial charge on any atom is -0.593 e. The van der Waals surface area contributed by atoms with Crippen molar-refractivity contribution in [1.82, 2.24) is 10.3 Å². The number of rotatable bonds is 10. The standard InChI is InChI=1S/C22H26F2N6O3S/c1-4-7-34(32)30-16-6-5-15(23)19(20(16)24)21(31)13-8-18(27-10-13)28-12-29-22(2,25)17-9-14(33-3)11-26-17/h5-6,9-12,26,30H,4,7-8,25H2,1-3H3,(H,27,28,29). The number of anilines is 1. The van der Waals surface area contributed by atoms with Crippen molar-refractivity contribution in [1.29, 1.82) is 0 Å². The van der Waals surface area contributed by atoms with Crippen LogP contribution in [0.25, 0.3) is 0 Å². The molecular weight excluding hydrogens is 466 g/mol. The molecule has 1 aromatic carbocycles. The number of H-pyrrole nitrogens is 1. The normalized spacial score (nSPS) is 17.4. The van der Waals surface area contributed by atoms with Gasteiger partial charge in [-0.3, -0.25) is 4.79 Å². The number of nitrogens with two attached hydrogens (primary N) is 1. The van der Waals surface area contributed by atoms with E-state index >= 15 is 0 Å². The molecule has 2 aromatic rings. The second-order valence-electron chi connectivity index (χ2n) is 7.68. The van der Waals surface area contributed by atoms with Crippen LogP contribution in [0, 0.1) is 11.6 Å². The number of ketones is 1. The molecule has 0 fully saturated rings. The molecule has 2 atom stereocenters. The van der Waals surface area contributed by atoms with Crippen molar-refractivity contribution >= 4 is 35.0 Å². The number of nitrogens with zero attached hydrogens (tertiary/aromatic N) is 2. The van der Waals surface area contributed by atoms with Crippen LogP contribution < -0.4 is 20.5 Å². The maximum absolute atomic E-state index is 14.9. The Balaban J connectivity index is 1.70. The molecule has 0 saturated carbocycles. The number of carbonyl (C=O) groups is 1. The lowest BCUT2D eigenvalue weighted by molar-refractivity contribution is 0.102. The van der Waals surface area contributed by atoms with Crippen molar-refractivity contribution in [3.63, 3.8) is 0 Å². The minimum absolute atomic E-state index is 0.0146. The molecule has 1 aliphatic heterocycles. The predicted octanol–water partition coefficient (Wildman–Crippen LogP) is 3.11. The molecular formula is C22H26F2N6O3S. The summed E-state index contributed by atoms with van der Waals surface area (Å²) in [6.45, 7) is 3.49. The second-order valence-corrected chi connectivity index (χ2v) is 8.98. The summed E-state index contributed by atoms with van der Waals surface area (Å²) >= 11 is -1.55. The Labute approximate surface area is 198 Å². The van der Waals surface area contributed by atoms with Crippen molar-refractivity contribution in [2.45, 2.75) is 32.4 Å². The molecule has 182 valence electrons. The summed E-state index contributed by atoms with van der Waals surface area (Å²) in [6.07, 6.45) is 4.85. The number of hydrogen-bond acceptors (Lipinski definition) is 6. The molecule has 0 spiro atoms. The molecule has 0 aliphatic carbocycles. The van der Waals surface area contributed by atoms with E-state index in [1.54, 1.807) is 19.2 Å². The third-order valence-corrected chi connectivity index (χ3v) is 6.20. The summed E-state index contributed by atoms with van der Waals surface area (Å²) in [7, 11) is 1.53. The molecule has 12 heteroatoms. The number of benzene rings is 1. The van der Waals surface area contributed by atoms with Gasteiger partial charge in [-0.1, -0.05) is 6.92 Å². The number of methoxy groups -OCH3 is 1. The minimum atomic E-state index is -1.55. The van der Waals surface area contributed by atoms with Crippen molar-refractivity contribution < 1.29 is 22.9 Å². The Morgan fingerprint density at radius 2 is 2.21 bits per heavy atom. The molecule has 5 N–H and O–H groups in total. The highest BCUT2D eigenvalue weighted by Crippen LogP contribution is 2.27. The largest absolute Gasteiger partial charge is 0.593 e. The van der Waals surface area contributed by atoms with E-state index in [9.17, 15) is 18.1 Å². The van der Waals surface area contributed by atoms with Gasteiger partial charge in [-0.25, -0.2) is 23.5 Å². The molecule has 0 saturated heterocycles. The van der Waals surface area contributed by atoms with Gasteiger partial charge in [0.1, 0.15) is 40.8 Å². The van der Waals surface area contributed by atoms with E-state index in [0.29, 0.717) is 23.7 Å². The van der Waals surface area contributed by atoms with E-state index in [2.05, 4.69) is 25.0 Å². The third kappa shape index (κ3) is 5.82. The highest BCUT2D eigenvalue weighted by atomic mass is 32.2. The maximum Gasteiger partial charge on any atom is 0.196 e. The number of hydrogen-bond donors (Lipinski definition) is 4. The van der Waals surface area contributed by atoms with E-state index in [0.717, 1.165) is 12.1 Å². The topological polar surface area (TPSA) is 140 Å². The number of nitrogens with one attached hydrogen (secondary N) is 3. The van der Waals surface area contributed by atoms with Crippen LogP contribution in [0.1, 0.15) is 42.7 Å². The quantitative estimate of drug-likeness (QED) is 0.174. The SMILES string of the molecule is CCC[S+]([O-])Nc1ccc(F)c(C(=O)C2=CNC(=NC=NC(C)(N)c3cc(OC)c[nH]3)C2)c1F. The Bertz CT molecular complexity index is 1150. The number of aromatic amines is 1. The van der Waals surface area contributed by atoms with Crippen LogP contribution in [0.4, 0.5) is 14.5 Å². The predicted molar refractivity (Wildman–Crippen MR) is 128 cm³/mol. The number of aliphatic imine (C=N–C) groups is 2. The van der Waals surface area contributed by atoms with E-state index in [1.165, 1.54) is 19.6 Å². The summed E-state index contributed by atoms with van der Waals surface area (Å²) in [4.78, 5) is 24.2. The van der Waals surface area contributed by atoms with Crippen molar-refractivity contribution in [2.75, 3.05) is 17.6 Å². The number of ether oxygens (including phenoxy) is 1. The highest BCUT2D eigenvalue weighted by Gasteiger charge is 2.27. The molecule has 2 heterocycles. The second kappa shape index (κ2) is 10.8. The van der Waals surface area contributed by atoms with Crippen LogP contribution in [0.2, 0.25) is 0 Å². The Kier molecular flexibility index (Phi) is 8.07. The van der Waals surface area contributed by atoms with Gasteiger partial charge in [-0.15, -0.1) is 0 Å². The lowest BCUT2D eigenvalue weighted by Crippen LogP contribution is -2.31. The lowest BCUT2D eigenvalue weighted by Gasteiger charge is -2.16. The number of amidine groups is 1. The molecule has 2 unspecified atom stereocenters. The first kappa shape index (κ1) is 25.4. The molecule has 0 amide bonds. The van der Waals surface area contributed by atoms with E-state index < -0.39 is 40.0 Å². The Morgan fingerprint density at radius 3 is 2.88 bits per heavy atom. The zero-order valence-electron chi connectivity index (χ0n) is 18.9. The van der Waals surface area contributed by atoms with Gasteiger partial charge in [0.25, 0.3) is 0 Å². The first-order valence-electron chi connectivity index (χ1n) is 10.4. The molecule has 3 rings (SSSR count). The fourth-order valence-electron chi connectivity index (χ4n) is 3.11. The zero-order valence-corrected chi connectivity index (χ0v) is 19.8. The van der Waals surface area contributed by atoms with Crippen molar-refractivity contribution in [2.24, 2.45) is 15.7 Å². The average Bonchev–Trinajstić information content (AvgIpc) is 3.46. The first-order valence-corrected chi connectivity index (χ1v) is 11.7. The zero-order chi connectivity index (χ0) is 24.9. The summed E-state index contributed by atoms with van der Waals surface area (Å²) in [5, 5.41) is 2.80.